The molecule has 0 spiro atoms. The first-order valence-electron chi connectivity index (χ1n) is 16.9. The Morgan fingerprint density at radius 1 is 1.04 bits per heavy atom. The SMILES string of the molecule is COc1ccc(NC(=O)Nc2ccc3c(c2)C(=O)N([C@@H](C)CO)C[C@H](C)[C@@H](CN(C)S(=O)(=O)c2ccc(C)cc2)OCCCC[C@@H](C)O3)cc1. The maximum Gasteiger partial charge on any atom is 0.323 e. The number of aliphatic hydroxyl groups is 1. The molecule has 50 heavy (non-hydrogen) atoms. The third-order valence-corrected chi connectivity index (χ3v) is 10.7. The number of carbonyl (C=O) groups is 2. The van der Waals surface area contributed by atoms with Crippen molar-refractivity contribution in [3.8, 4) is 11.5 Å². The highest BCUT2D eigenvalue weighted by Crippen LogP contribution is 2.29. The van der Waals surface area contributed by atoms with E-state index in [2.05, 4.69) is 10.6 Å². The minimum Gasteiger partial charge on any atom is -0.497 e. The fourth-order valence-corrected chi connectivity index (χ4v) is 6.86. The fraction of sp³-hybridized carbons (Fsp3) is 0.459. The molecular weight excluding hydrogens is 660 g/mol. The Kier molecular flexibility index (Phi) is 13.6. The molecule has 0 unspecified atom stereocenters. The molecule has 1 aliphatic heterocycles. The molecule has 0 aliphatic carbocycles. The first kappa shape index (κ1) is 38.6. The summed E-state index contributed by atoms with van der Waals surface area (Å²) in [4.78, 5) is 29.0. The number of hydrogen-bond acceptors (Lipinski definition) is 8. The predicted molar refractivity (Wildman–Crippen MR) is 194 cm³/mol. The molecule has 0 saturated carbocycles. The van der Waals surface area contributed by atoms with Gasteiger partial charge in [-0.05, 0) is 94.6 Å². The number of anilines is 2. The minimum absolute atomic E-state index is 0.0698. The summed E-state index contributed by atoms with van der Waals surface area (Å²) in [5.41, 5.74) is 2.11. The molecule has 3 aromatic rings. The monoisotopic (exact) mass is 710 g/mol. The number of ether oxygens (including phenoxy) is 3. The number of methoxy groups -OCH3 is 1. The molecule has 4 rings (SSSR count). The van der Waals surface area contributed by atoms with Crippen molar-refractivity contribution in [2.24, 2.45) is 5.92 Å². The van der Waals surface area contributed by atoms with Crippen LogP contribution in [-0.4, -0.2) is 93.4 Å². The number of urea groups is 1. The van der Waals surface area contributed by atoms with Gasteiger partial charge in [-0.3, -0.25) is 4.79 Å². The van der Waals surface area contributed by atoms with Crippen molar-refractivity contribution in [2.75, 3.05) is 51.1 Å². The summed E-state index contributed by atoms with van der Waals surface area (Å²) in [7, 11) is -0.706. The van der Waals surface area contributed by atoms with E-state index in [4.69, 9.17) is 14.2 Å². The van der Waals surface area contributed by atoms with Crippen LogP contribution in [0.4, 0.5) is 16.2 Å². The topological polar surface area (TPSA) is 147 Å². The molecule has 1 heterocycles. The average molecular weight is 711 g/mol. The van der Waals surface area contributed by atoms with E-state index in [1.165, 1.54) is 11.4 Å². The number of rotatable bonds is 9. The van der Waals surface area contributed by atoms with E-state index in [1.807, 2.05) is 20.8 Å². The number of nitrogens with one attached hydrogen (secondary N) is 2. The summed E-state index contributed by atoms with van der Waals surface area (Å²) in [6.07, 6.45) is 1.44. The molecular formula is C37H50N4O8S. The van der Waals surface area contributed by atoms with Crippen LogP contribution in [0.25, 0.3) is 0 Å². The van der Waals surface area contributed by atoms with E-state index in [9.17, 15) is 23.1 Å². The van der Waals surface area contributed by atoms with Gasteiger partial charge in [-0.2, -0.15) is 4.31 Å². The second kappa shape index (κ2) is 17.7. The van der Waals surface area contributed by atoms with Crippen molar-refractivity contribution in [3.63, 3.8) is 0 Å². The predicted octanol–water partition coefficient (Wildman–Crippen LogP) is 5.76. The van der Waals surface area contributed by atoms with Crippen molar-refractivity contribution in [1.82, 2.24) is 9.21 Å². The van der Waals surface area contributed by atoms with Crippen LogP contribution in [0.3, 0.4) is 0 Å². The average Bonchev–Trinajstić information content (AvgIpc) is 3.09. The van der Waals surface area contributed by atoms with E-state index in [-0.39, 0.29) is 42.2 Å². The molecule has 1 aliphatic rings. The van der Waals surface area contributed by atoms with Gasteiger partial charge in [-0.25, -0.2) is 13.2 Å². The molecule has 0 fully saturated rings. The third kappa shape index (κ3) is 10.2. The van der Waals surface area contributed by atoms with Crippen molar-refractivity contribution >= 4 is 33.3 Å². The van der Waals surface area contributed by atoms with E-state index < -0.39 is 34.1 Å². The Balaban J connectivity index is 1.61. The van der Waals surface area contributed by atoms with E-state index >= 15 is 0 Å². The normalized spacial score (nSPS) is 19.9. The number of aryl methyl sites for hydroxylation is 1. The Bertz CT molecular complexity index is 1680. The van der Waals surface area contributed by atoms with Gasteiger partial charge in [0, 0.05) is 44.0 Å². The Hall–Kier alpha value is -4.17. The zero-order valence-electron chi connectivity index (χ0n) is 29.7. The number of likely N-dealkylation sites (N-methyl/N-ethyl adjacent to an activating group) is 1. The van der Waals surface area contributed by atoms with Crippen LogP contribution in [-0.2, 0) is 14.8 Å². The van der Waals surface area contributed by atoms with E-state index in [0.717, 1.165) is 18.4 Å². The van der Waals surface area contributed by atoms with Crippen LogP contribution < -0.4 is 20.1 Å². The van der Waals surface area contributed by atoms with Gasteiger partial charge >= 0.3 is 6.03 Å². The largest absolute Gasteiger partial charge is 0.497 e. The summed E-state index contributed by atoms with van der Waals surface area (Å²) in [6.45, 7) is 7.82. The zero-order chi connectivity index (χ0) is 36.4. The Morgan fingerprint density at radius 2 is 1.70 bits per heavy atom. The number of nitrogens with zero attached hydrogens (tertiary/aromatic N) is 2. The van der Waals surface area contributed by atoms with Gasteiger partial charge in [0.2, 0.25) is 10.0 Å². The molecule has 13 heteroatoms. The quantitative estimate of drug-likeness (QED) is 0.254. The van der Waals surface area contributed by atoms with Gasteiger partial charge in [-0.1, -0.05) is 24.6 Å². The van der Waals surface area contributed by atoms with Gasteiger partial charge in [0.1, 0.15) is 11.5 Å². The second-order valence-corrected chi connectivity index (χ2v) is 15.0. The van der Waals surface area contributed by atoms with Crippen LogP contribution in [0.5, 0.6) is 11.5 Å². The fourth-order valence-electron chi connectivity index (χ4n) is 5.67. The van der Waals surface area contributed by atoms with Gasteiger partial charge < -0.3 is 34.9 Å². The van der Waals surface area contributed by atoms with Gasteiger partial charge in [0.15, 0.2) is 0 Å². The number of sulfonamides is 1. The molecule has 3 amide bonds. The Labute approximate surface area is 295 Å². The summed E-state index contributed by atoms with van der Waals surface area (Å²) < 4.78 is 46.1. The van der Waals surface area contributed by atoms with Crippen molar-refractivity contribution < 1.29 is 37.3 Å². The molecule has 12 nitrogen and oxygen atoms in total. The number of aliphatic hydroxyl groups excluding tert-OH is 1. The van der Waals surface area contributed by atoms with Gasteiger partial charge in [0.25, 0.3) is 5.91 Å². The van der Waals surface area contributed by atoms with Crippen molar-refractivity contribution in [3.05, 3.63) is 77.9 Å². The third-order valence-electron chi connectivity index (χ3n) is 8.82. The maximum atomic E-state index is 14.4. The first-order valence-corrected chi connectivity index (χ1v) is 18.4. The summed E-state index contributed by atoms with van der Waals surface area (Å²) in [5, 5.41) is 15.8. The molecule has 3 aromatic carbocycles. The lowest BCUT2D eigenvalue weighted by Gasteiger charge is -2.35. The molecule has 4 atom stereocenters. The highest BCUT2D eigenvalue weighted by molar-refractivity contribution is 7.89. The highest BCUT2D eigenvalue weighted by Gasteiger charge is 2.32. The summed E-state index contributed by atoms with van der Waals surface area (Å²) in [5.74, 6) is 0.283. The molecule has 0 radical (unpaired) electrons. The lowest BCUT2D eigenvalue weighted by atomic mass is 10.0. The number of fused-ring (bicyclic) bond motifs is 1. The van der Waals surface area contributed by atoms with Crippen LogP contribution >= 0.6 is 0 Å². The standard InChI is InChI=1S/C37H50N4O8S/c1-25-10-17-32(18-11-25)50(45,46)40(5)23-35-26(2)22-41(27(3)24-42)36(43)33-21-30(14-19-34(33)49-28(4)9-7-8-20-48-35)39-37(44)38-29-12-15-31(47-6)16-13-29/h10-19,21,26-28,35,42H,7-9,20,22-24H2,1-6H3,(H2,38,39,44)/t26-,27-,28+,35+/m0/s1. The van der Waals surface area contributed by atoms with Crippen LogP contribution in [0.1, 0.15) is 56.0 Å². The molecule has 272 valence electrons. The summed E-state index contributed by atoms with van der Waals surface area (Å²) >= 11 is 0. The highest BCUT2D eigenvalue weighted by atomic mass is 32.2. The number of carbonyl (C=O) groups excluding carboxylic acids is 2. The lowest BCUT2D eigenvalue weighted by molar-refractivity contribution is -0.00833. The number of benzene rings is 3. The van der Waals surface area contributed by atoms with Crippen molar-refractivity contribution in [2.45, 2.75) is 70.1 Å². The first-order chi connectivity index (χ1) is 23.8. The molecule has 0 saturated heterocycles. The van der Waals surface area contributed by atoms with Crippen molar-refractivity contribution in [1.29, 1.82) is 0 Å². The number of hydrogen-bond donors (Lipinski definition) is 3. The second-order valence-electron chi connectivity index (χ2n) is 12.9. The Morgan fingerprint density at radius 3 is 2.36 bits per heavy atom. The van der Waals surface area contributed by atoms with Crippen LogP contribution in [0.2, 0.25) is 0 Å². The van der Waals surface area contributed by atoms with Gasteiger partial charge in [0.05, 0.1) is 42.4 Å². The zero-order valence-corrected chi connectivity index (χ0v) is 30.5. The maximum absolute atomic E-state index is 14.4. The molecule has 0 aromatic heterocycles. The van der Waals surface area contributed by atoms with Crippen LogP contribution in [0.15, 0.2) is 71.6 Å². The number of amides is 3. The lowest BCUT2D eigenvalue weighted by Crippen LogP contribution is -2.48. The minimum atomic E-state index is -3.80. The van der Waals surface area contributed by atoms with E-state index in [1.54, 1.807) is 85.7 Å². The van der Waals surface area contributed by atoms with Gasteiger partial charge in [-0.15, -0.1) is 0 Å². The smallest absolute Gasteiger partial charge is 0.323 e. The van der Waals surface area contributed by atoms with E-state index in [0.29, 0.717) is 35.9 Å². The van der Waals surface area contributed by atoms with Crippen LogP contribution in [0, 0.1) is 12.8 Å². The molecule has 0 bridgehead atoms. The molecule has 3 N–H and O–H groups in total. The summed E-state index contributed by atoms with van der Waals surface area (Å²) in [6, 6.07) is 17.4.